The van der Waals surface area contributed by atoms with E-state index in [0.29, 0.717) is 0 Å². The third kappa shape index (κ3) is 3.37. The normalized spacial score (nSPS) is 22.8. The molecule has 53 heavy (non-hydrogen) atoms. The number of ether oxygens (including phenoxy) is 1. The number of hydrogen-bond donors (Lipinski definition) is 0. The summed E-state index contributed by atoms with van der Waals surface area (Å²) >= 11 is 0. The van der Waals surface area contributed by atoms with E-state index in [1.165, 1.54) is 96.8 Å². The molecule has 6 aromatic rings. The zero-order valence-electron chi connectivity index (χ0n) is 31.3. The maximum absolute atomic E-state index is 6.77. The number of nitrogens with zero attached hydrogens (tertiary/aromatic N) is 2. The molecule has 0 aromatic heterocycles. The van der Waals surface area contributed by atoms with Gasteiger partial charge in [-0.05, 0) is 104 Å². The van der Waals surface area contributed by atoms with Crippen molar-refractivity contribution < 1.29 is 4.74 Å². The number of benzene rings is 6. The number of para-hydroxylation sites is 5. The molecule has 5 heteroatoms. The summed E-state index contributed by atoms with van der Waals surface area (Å²) in [7, 11) is -2.85. The average molecular weight is 703 g/mol. The Morgan fingerprint density at radius 1 is 0.623 bits per heavy atom. The summed E-state index contributed by atoms with van der Waals surface area (Å²) in [6.45, 7) is 12.5. The fourth-order valence-corrected chi connectivity index (χ4v) is 17.3. The highest BCUT2D eigenvalue weighted by atomic mass is 28.3. The van der Waals surface area contributed by atoms with Crippen molar-refractivity contribution in [3.8, 4) is 11.5 Å². The first-order valence-electron chi connectivity index (χ1n) is 19.7. The summed E-state index contributed by atoms with van der Waals surface area (Å²) in [5.74, 6) is 1.98. The van der Waals surface area contributed by atoms with Crippen LogP contribution in [0.15, 0.2) is 121 Å². The van der Waals surface area contributed by atoms with Gasteiger partial charge in [0.05, 0.1) is 5.54 Å². The predicted octanol–water partition coefficient (Wildman–Crippen LogP) is 7.14. The summed E-state index contributed by atoms with van der Waals surface area (Å²) in [5, 5.41) is 5.59. The van der Waals surface area contributed by atoms with Crippen LogP contribution >= 0.6 is 0 Å². The topological polar surface area (TPSA) is 15.7 Å². The van der Waals surface area contributed by atoms with E-state index in [0.717, 1.165) is 11.5 Å². The number of fused-ring (bicyclic) bond motifs is 15. The first-order chi connectivity index (χ1) is 25.7. The number of rotatable bonds is 0. The van der Waals surface area contributed by atoms with Crippen LogP contribution in [0.2, 0.25) is 0 Å². The Morgan fingerprint density at radius 2 is 1.23 bits per heavy atom. The average Bonchev–Trinajstić information content (AvgIpc) is 3.38. The van der Waals surface area contributed by atoms with E-state index in [9.17, 15) is 0 Å². The van der Waals surface area contributed by atoms with Gasteiger partial charge in [-0.3, -0.25) is 0 Å². The molecule has 6 aliphatic rings. The molecule has 0 saturated heterocycles. The van der Waals surface area contributed by atoms with Crippen molar-refractivity contribution in [2.45, 2.75) is 76.7 Å². The summed E-state index contributed by atoms with van der Waals surface area (Å²) in [4.78, 5) is 5.57. The van der Waals surface area contributed by atoms with E-state index in [-0.39, 0.29) is 23.1 Å². The number of anilines is 5. The van der Waals surface area contributed by atoms with Crippen LogP contribution < -0.4 is 51.7 Å². The van der Waals surface area contributed by atoms with Crippen molar-refractivity contribution >= 4 is 80.4 Å². The van der Waals surface area contributed by atoms with Crippen LogP contribution in [0.4, 0.5) is 28.4 Å². The van der Waals surface area contributed by atoms with Gasteiger partial charge in [0.15, 0.2) is 8.07 Å². The van der Waals surface area contributed by atoms with Gasteiger partial charge in [-0.2, -0.15) is 0 Å². The van der Waals surface area contributed by atoms with Gasteiger partial charge in [0.1, 0.15) is 11.5 Å². The minimum absolute atomic E-state index is 0.00730. The monoisotopic (exact) mass is 702 g/mol. The third-order valence-electron chi connectivity index (χ3n) is 14.6. The van der Waals surface area contributed by atoms with E-state index in [1.54, 1.807) is 5.56 Å². The SMILES string of the molecule is CC(C)(C)c1cc2c3c(c1)N1c4c(cccc4C4(C)CCCCC14C)B3c1cccc3c1N2c1ccccc1[Si]31c2ccccc2Oc2ccccc21. The molecular formula is C48H43BN2OSi. The van der Waals surface area contributed by atoms with Crippen molar-refractivity contribution in [3.63, 3.8) is 0 Å². The molecule has 1 saturated carbocycles. The minimum atomic E-state index is -2.85. The van der Waals surface area contributed by atoms with Gasteiger partial charge in [-0.15, -0.1) is 0 Å². The van der Waals surface area contributed by atoms with Crippen molar-refractivity contribution in [1.29, 1.82) is 0 Å². The van der Waals surface area contributed by atoms with Gasteiger partial charge in [-0.1, -0.05) is 132 Å². The Morgan fingerprint density at radius 3 is 1.96 bits per heavy atom. The molecule has 5 aliphatic heterocycles. The van der Waals surface area contributed by atoms with Crippen LogP contribution in [0.5, 0.6) is 11.5 Å². The smallest absolute Gasteiger partial charge is 0.252 e. The lowest BCUT2D eigenvalue weighted by atomic mass is 9.33. The van der Waals surface area contributed by atoms with Crippen LogP contribution in [0, 0.1) is 0 Å². The van der Waals surface area contributed by atoms with Crippen LogP contribution in [-0.4, -0.2) is 20.3 Å². The Labute approximate surface area is 314 Å². The molecule has 1 aliphatic carbocycles. The predicted molar refractivity (Wildman–Crippen MR) is 225 cm³/mol. The Hall–Kier alpha value is -5.00. The van der Waals surface area contributed by atoms with E-state index in [4.69, 9.17) is 4.74 Å². The summed E-state index contributed by atoms with van der Waals surface area (Å²) in [5.41, 5.74) is 14.4. The fourth-order valence-electron chi connectivity index (χ4n) is 12.0. The maximum Gasteiger partial charge on any atom is 0.252 e. The highest BCUT2D eigenvalue weighted by Crippen LogP contribution is 2.62. The highest BCUT2D eigenvalue weighted by molar-refractivity contribution is 7.22. The first kappa shape index (κ1) is 30.5. The quantitative estimate of drug-likeness (QED) is 0.157. The summed E-state index contributed by atoms with van der Waals surface area (Å²) in [6.07, 6.45) is 5.02. The molecule has 2 unspecified atom stereocenters. The van der Waals surface area contributed by atoms with Crippen molar-refractivity contribution in [2.24, 2.45) is 0 Å². The van der Waals surface area contributed by atoms with Gasteiger partial charge in [0.2, 0.25) is 0 Å². The molecule has 6 aromatic carbocycles. The summed E-state index contributed by atoms with van der Waals surface area (Å²) in [6, 6.07) is 47.0. The maximum atomic E-state index is 6.77. The first-order valence-corrected chi connectivity index (χ1v) is 21.7. The lowest BCUT2D eigenvalue weighted by Crippen LogP contribution is -2.80. The van der Waals surface area contributed by atoms with E-state index in [1.807, 2.05) is 0 Å². The van der Waals surface area contributed by atoms with Crippen LogP contribution in [0.25, 0.3) is 0 Å². The molecule has 3 nitrogen and oxygen atoms in total. The second-order valence-corrected chi connectivity index (χ2v) is 21.6. The molecule has 1 spiro atoms. The molecule has 5 heterocycles. The molecule has 258 valence electrons. The Balaban J connectivity index is 1.26. The Bertz CT molecular complexity index is 2580. The van der Waals surface area contributed by atoms with Crippen LogP contribution in [0.3, 0.4) is 0 Å². The van der Waals surface area contributed by atoms with Crippen molar-refractivity contribution in [3.05, 3.63) is 132 Å². The molecule has 0 N–H and O–H groups in total. The molecule has 0 radical (unpaired) electrons. The fraction of sp³-hybridized carbons (Fsp3) is 0.250. The van der Waals surface area contributed by atoms with Gasteiger partial charge in [0.25, 0.3) is 6.71 Å². The molecular weight excluding hydrogens is 659 g/mol. The molecule has 12 rings (SSSR count). The molecule has 2 atom stereocenters. The largest absolute Gasteiger partial charge is 0.458 e. The Kier molecular flexibility index (Phi) is 5.60. The van der Waals surface area contributed by atoms with Crippen molar-refractivity contribution in [1.82, 2.24) is 0 Å². The molecule has 0 bridgehead atoms. The van der Waals surface area contributed by atoms with Gasteiger partial charge in [0, 0.05) is 33.9 Å². The number of hydrogen-bond acceptors (Lipinski definition) is 3. The van der Waals surface area contributed by atoms with E-state index >= 15 is 0 Å². The lowest BCUT2D eigenvalue weighted by Gasteiger charge is -2.54. The van der Waals surface area contributed by atoms with Crippen LogP contribution in [-0.2, 0) is 10.8 Å². The zero-order valence-corrected chi connectivity index (χ0v) is 32.3. The second kappa shape index (κ2) is 9.75. The highest BCUT2D eigenvalue weighted by Gasteiger charge is 2.62. The van der Waals surface area contributed by atoms with Crippen molar-refractivity contribution in [2.75, 3.05) is 9.80 Å². The standard InChI is InChI=1S/C48H43BN2OSi/c1-46(2,3)30-28-35-43-36(29-30)51-44-31(47(4)26-12-13-27-48(47,51)5)16-14-17-32(44)49(43)33-18-15-25-42-45(33)50(35)34-19-6-9-22-39(34)53(42)40-23-10-7-20-37(40)52-38-21-8-11-24-41(38)53/h6-11,14-25,28-29H,12-13,26-27H2,1-5H3. The third-order valence-corrected chi connectivity index (χ3v) is 19.5. The van der Waals surface area contributed by atoms with Gasteiger partial charge in [-0.25, -0.2) is 0 Å². The zero-order chi connectivity index (χ0) is 35.6. The van der Waals surface area contributed by atoms with Crippen LogP contribution in [0.1, 0.15) is 71.4 Å². The van der Waals surface area contributed by atoms with Gasteiger partial charge >= 0.3 is 0 Å². The summed E-state index contributed by atoms with van der Waals surface area (Å²) < 4.78 is 6.77. The van der Waals surface area contributed by atoms with E-state index in [2.05, 4.69) is 166 Å². The second-order valence-electron chi connectivity index (χ2n) is 17.9. The van der Waals surface area contributed by atoms with Gasteiger partial charge < -0.3 is 14.5 Å². The van der Waals surface area contributed by atoms with E-state index < -0.39 is 8.07 Å². The minimum Gasteiger partial charge on any atom is -0.458 e. The lowest BCUT2D eigenvalue weighted by molar-refractivity contribution is 0.195. The molecule has 0 amide bonds. The molecule has 1 fully saturated rings.